The first-order valence-corrected chi connectivity index (χ1v) is 1.15. The van der Waals surface area contributed by atoms with Gasteiger partial charge in [0.2, 0.25) is 0 Å². The minimum Gasteiger partial charge on any atom is -1.00 e. The molecule has 0 aromatic carbocycles. The van der Waals surface area contributed by atoms with Gasteiger partial charge in [-0.1, -0.05) is 0 Å². The van der Waals surface area contributed by atoms with Gasteiger partial charge in [-0.2, -0.15) is 0 Å². The van der Waals surface area contributed by atoms with Gasteiger partial charge in [0.05, 0.1) is 0 Å². The normalized spacial score (nSPS) is 3.75. The van der Waals surface area contributed by atoms with Crippen molar-refractivity contribution < 1.29 is 123 Å². The van der Waals surface area contributed by atoms with E-state index in [1.165, 1.54) is 6.54 Å². The van der Waals surface area contributed by atoms with Gasteiger partial charge in [-0.15, -0.1) is 6.54 Å². The van der Waals surface area contributed by atoms with Gasteiger partial charge in [0.1, 0.15) is 0 Å². The van der Waals surface area contributed by atoms with Crippen molar-refractivity contribution in [1.29, 1.82) is 0 Å². The van der Waals surface area contributed by atoms with Gasteiger partial charge in [-0.05, 0) is 0 Å². The predicted octanol–water partition coefficient (Wildman–Crippen LogP) is -12.6. The molecule has 0 amide bonds. The minimum absolute atomic E-state index is 0. The van der Waals surface area contributed by atoms with E-state index in [0.29, 0.717) is 6.54 Å². The van der Waals surface area contributed by atoms with Crippen molar-refractivity contribution in [2.24, 2.45) is 11.5 Å². The molecule has 0 atom stereocenters. The molecule has 0 aromatic heterocycles. The Morgan fingerprint density at radius 3 is 1.25 bits per heavy atom. The fourth-order valence-corrected chi connectivity index (χ4v) is 0. The van der Waals surface area contributed by atoms with Crippen LogP contribution in [0.1, 0.15) is 4.28 Å². The molecule has 0 unspecified atom stereocenters. The van der Waals surface area contributed by atoms with Crippen molar-refractivity contribution in [3.8, 4) is 0 Å². The third kappa shape index (κ3) is 32.6. The number of hydrogen-bond donors (Lipinski definition) is 2. The fourth-order valence-electron chi connectivity index (χ4n) is 0. The van der Waals surface area contributed by atoms with Crippen molar-refractivity contribution in [1.82, 2.24) is 0 Å². The Balaban J connectivity index is -0.00000000214. The van der Waals surface area contributed by atoms with Crippen LogP contribution in [0.5, 0.6) is 0 Å². The minimum atomic E-state index is 0. The summed E-state index contributed by atoms with van der Waals surface area (Å²) in [5, 5.41) is 0. The summed E-state index contributed by atoms with van der Waals surface area (Å²) in [4.78, 5) is 0. The Bertz CT molecular complexity index is 23.3. The van der Waals surface area contributed by atoms with E-state index < -0.39 is 0 Å². The molecule has 4 N–H and O–H groups in total. The van der Waals surface area contributed by atoms with Crippen LogP contribution in [-0.4, -0.2) is 6.54 Å². The first-order chi connectivity index (χ1) is 1.91. The smallest absolute Gasteiger partial charge is 1.00 e. The molecule has 0 rings (SSSR count). The van der Waals surface area contributed by atoms with E-state index in [1.807, 2.05) is 0 Å². The summed E-state index contributed by atoms with van der Waals surface area (Å²) in [6.07, 6.45) is 0. The molecule has 0 heterocycles. The molecule has 0 saturated carbocycles. The number of nitrogens with two attached hydrogens (primary N) is 2. The molecule has 0 aromatic rings. The zero-order chi connectivity index (χ0) is 3.41. The van der Waals surface area contributed by atoms with Gasteiger partial charge >= 0.3 is 118 Å². The van der Waals surface area contributed by atoms with Crippen LogP contribution >= 0.6 is 0 Å². The zero-order valence-corrected chi connectivity index (χ0v) is 14.4. The first-order valence-electron chi connectivity index (χ1n) is 1.15. The molecule has 8 heavy (non-hydrogen) atoms. The van der Waals surface area contributed by atoms with Crippen LogP contribution in [0, 0.1) is 6.54 Å². The molecule has 0 aliphatic rings. The number of rotatable bonds is 1. The SMILES string of the molecule is N[CH-]CN.[H-].[H-].[H-].[Na+].[Na+].[Na+].[Na+]. The Morgan fingerprint density at radius 1 is 1.12 bits per heavy atom. The van der Waals surface area contributed by atoms with E-state index in [0.717, 1.165) is 0 Å². The maximum absolute atomic E-state index is 4.85. The average molecular weight is 154 g/mol. The van der Waals surface area contributed by atoms with Gasteiger partial charge in [0.25, 0.3) is 0 Å². The van der Waals surface area contributed by atoms with Crippen molar-refractivity contribution in [3.05, 3.63) is 6.54 Å². The van der Waals surface area contributed by atoms with Crippen LogP contribution in [0.15, 0.2) is 0 Å². The summed E-state index contributed by atoms with van der Waals surface area (Å²) in [5.41, 5.74) is 9.62. The third-order valence-corrected chi connectivity index (χ3v) is 0.136. The van der Waals surface area contributed by atoms with E-state index >= 15 is 0 Å². The van der Waals surface area contributed by atoms with Crippen molar-refractivity contribution in [2.75, 3.05) is 6.54 Å². The van der Waals surface area contributed by atoms with E-state index in [2.05, 4.69) is 0 Å². The molecule has 0 fully saturated rings. The molecular formula is C2H10N2Na4. The summed E-state index contributed by atoms with van der Waals surface area (Å²) in [6, 6.07) is 0. The molecule has 0 spiro atoms. The second kappa shape index (κ2) is 30.7. The Morgan fingerprint density at radius 2 is 1.25 bits per heavy atom. The molecule has 0 bridgehead atoms. The topological polar surface area (TPSA) is 52.0 Å². The van der Waals surface area contributed by atoms with Crippen LogP contribution in [0.2, 0.25) is 0 Å². The summed E-state index contributed by atoms with van der Waals surface area (Å²) in [6.45, 7) is 1.88. The fraction of sp³-hybridized carbons (Fsp3) is 0.500. The second-order valence-electron chi connectivity index (χ2n) is 0.471. The molecule has 0 radical (unpaired) electrons. The van der Waals surface area contributed by atoms with Crippen molar-refractivity contribution in [2.45, 2.75) is 0 Å². The summed E-state index contributed by atoms with van der Waals surface area (Å²) in [7, 11) is 0. The predicted molar refractivity (Wildman–Crippen MR) is 20.9 cm³/mol. The van der Waals surface area contributed by atoms with Gasteiger partial charge in [-0.3, -0.25) is 6.54 Å². The quantitative estimate of drug-likeness (QED) is 0.291. The van der Waals surface area contributed by atoms with Crippen LogP contribution < -0.4 is 130 Å². The van der Waals surface area contributed by atoms with Crippen LogP contribution in [-0.2, 0) is 0 Å². The monoisotopic (exact) mass is 154 g/mol. The Hall–Kier alpha value is 3.92. The van der Waals surface area contributed by atoms with E-state index in [9.17, 15) is 0 Å². The Labute approximate surface area is 144 Å². The largest absolute Gasteiger partial charge is 1.00 e. The van der Waals surface area contributed by atoms with Gasteiger partial charge in [0.15, 0.2) is 0 Å². The zero-order valence-electron chi connectivity index (χ0n) is 9.44. The Kier molecular flexibility index (Phi) is 114. The van der Waals surface area contributed by atoms with E-state index in [4.69, 9.17) is 11.5 Å². The van der Waals surface area contributed by atoms with Crippen LogP contribution in [0.3, 0.4) is 0 Å². The molecule has 32 valence electrons. The molecular weight excluding hydrogens is 144 g/mol. The summed E-state index contributed by atoms with van der Waals surface area (Å²) < 4.78 is 0. The number of hydrogen-bond acceptors (Lipinski definition) is 2. The maximum atomic E-state index is 4.85. The van der Waals surface area contributed by atoms with Gasteiger partial charge in [0, 0.05) is 0 Å². The summed E-state index contributed by atoms with van der Waals surface area (Å²) >= 11 is 0. The standard InChI is InChI=1S/C2H7N2.4Na.3H/c3-1-2-4;;;;;;;/h1H,2-4H2;;;;;;;/q-1;4*+1;3*-1. The van der Waals surface area contributed by atoms with Gasteiger partial charge in [-0.25, -0.2) is 0 Å². The van der Waals surface area contributed by atoms with Crippen LogP contribution in [0.25, 0.3) is 0 Å². The van der Waals surface area contributed by atoms with E-state index in [-0.39, 0.29) is 123 Å². The molecule has 0 aliphatic carbocycles. The van der Waals surface area contributed by atoms with Crippen LogP contribution in [0.4, 0.5) is 0 Å². The molecule has 0 saturated heterocycles. The second-order valence-corrected chi connectivity index (χ2v) is 0.471. The van der Waals surface area contributed by atoms with Crippen molar-refractivity contribution >= 4 is 0 Å². The summed E-state index contributed by atoms with van der Waals surface area (Å²) in [5.74, 6) is 0. The maximum Gasteiger partial charge on any atom is 1.00 e. The first kappa shape index (κ1) is 29.7. The third-order valence-electron chi connectivity index (χ3n) is 0.136. The molecule has 0 aliphatic heterocycles. The molecule has 2 nitrogen and oxygen atoms in total. The van der Waals surface area contributed by atoms with Gasteiger partial charge < -0.3 is 15.7 Å². The van der Waals surface area contributed by atoms with Crippen molar-refractivity contribution in [3.63, 3.8) is 0 Å². The molecule has 6 heteroatoms. The average Bonchev–Trinajstić information content (AvgIpc) is 1.37. The van der Waals surface area contributed by atoms with E-state index in [1.54, 1.807) is 0 Å².